The summed E-state index contributed by atoms with van der Waals surface area (Å²) in [5, 5.41) is 0.839. The number of hydrogen-bond donors (Lipinski definition) is 1. The van der Waals surface area contributed by atoms with Crippen LogP contribution in [0.15, 0.2) is 41.6 Å². The highest BCUT2D eigenvalue weighted by Crippen LogP contribution is 2.35. The van der Waals surface area contributed by atoms with E-state index in [0.717, 1.165) is 54.6 Å². The van der Waals surface area contributed by atoms with Gasteiger partial charge in [0, 0.05) is 43.0 Å². The van der Waals surface area contributed by atoms with Gasteiger partial charge in [-0.05, 0) is 49.4 Å². The second-order valence-corrected chi connectivity index (χ2v) is 11.0. The molecule has 0 radical (unpaired) electrons. The molecule has 0 bridgehead atoms. The Balaban J connectivity index is 1.65. The Morgan fingerprint density at radius 1 is 1.21 bits per heavy atom. The lowest BCUT2D eigenvalue weighted by molar-refractivity contribution is 0.0625. The molecule has 4 heterocycles. The van der Waals surface area contributed by atoms with E-state index in [4.69, 9.17) is 16.3 Å². The average molecular weight is 452 g/mol. The lowest BCUT2D eigenvalue weighted by Crippen LogP contribution is -2.19. The minimum absolute atomic E-state index is 0.0379. The molecule has 1 unspecified atom stereocenters. The monoisotopic (exact) mass is 451 g/mol. The maximum atomic E-state index is 11.8. The first-order valence-corrected chi connectivity index (χ1v) is 12.5. The van der Waals surface area contributed by atoms with E-state index in [1.54, 1.807) is 12.3 Å². The molecule has 0 saturated carbocycles. The number of nitrogens with zero attached hydrogens (tertiary/aromatic N) is 2. The summed E-state index contributed by atoms with van der Waals surface area (Å²) in [6.07, 6.45) is 7.26. The number of H-pyrrole nitrogens is 1. The molecular formula is C20H22ClN3O3S2. The third-order valence-corrected chi connectivity index (χ3v) is 7.49. The molecule has 9 heteroatoms. The van der Waals surface area contributed by atoms with Gasteiger partial charge in [-0.15, -0.1) is 11.3 Å². The molecule has 29 heavy (non-hydrogen) atoms. The Morgan fingerprint density at radius 3 is 2.62 bits per heavy atom. The maximum Gasteiger partial charge on any atom is 0.177 e. The van der Waals surface area contributed by atoms with Gasteiger partial charge in [-0.2, -0.15) is 0 Å². The Labute approximate surface area is 179 Å². The summed E-state index contributed by atoms with van der Waals surface area (Å²) >= 11 is 7.45. The number of rotatable bonds is 6. The van der Waals surface area contributed by atoms with Crippen molar-refractivity contribution in [1.82, 2.24) is 15.0 Å². The molecule has 0 aliphatic carbocycles. The highest BCUT2D eigenvalue weighted by Gasteiger charge is 2.25. The number of aromatic amines is 1. The SMILES string of the molecule is CS(=O)(=O)c1ccc(C(CC2CCOCC2)c2ccc(-c3ncc(Cl)s3)[nH]2)nc1. The lowest BCUT2D eigenvalue weighted by atomic mass is 9.85. The van der Waals surface area contributed by atoms with Gasteiger partial charge in [-0.3, -0.25) is 4.98 Å². The quantitative estimate of drug-likeness (QED) is 0.594. The van der Waals surface area contributed by atoms with Crippen molar-refractivity contribution in [2.45, 2.75) is 30.1 Å². The third-order valence-electron chi connectivity index (χ3n) is 5.25. The second kappa shape index (κ2) is 8.55. The maximum absolute atomic E-state index is 11.8. The molecule has 0 aromatic carbocycles. The fourth-order valence-electron chi connectivity index (χ4n) is 3.66. The molecule has 4 rings (SSSR count). The van der Waals surface area contributed by atoms with E-state index in [-0.39, 0.29) is 10.8 Å². The molecule has 1 saturated heterocycles. The van der Waals surface area contributed by atoms with Crippen LogP contribution < -0.4 is 0 Å². The molecular weight excluding hydrogens is 430 g/mol. The second-order valence-electron chi connectivity index (χ2n) is 7.33. The number of halogens is 1. The fraction of sp³-hybridized carbons (Fsp3) is 0.400. The van der Waals surface area contributed by atoms with Crippen molar-refractivity contribution < 1.29 is 13.2 Å². The molecule has 6 nitrogen and oxygen atoms in total. The van der Waals surface area contributed by atoms with Crippen LogP contribution in [0.3, 0.4) is 0 Å². The van der Waals surface area contributed by atoms with Gasteiger partial charge in [0.2, 0.25) is 0 Å². The van der Waals surface area contributed by atoms with Gasteiger partial charge >= 0.3 is 0 Å². The zero-order valence-corrected chi connectivity index (χ0v) is 18.4. The zero-order valence-electron chi connectivity index (χ0n) is 16.0. The Kier molecular flexibility index (Phi) is 6.06. The summed E-state index contributed by atoms with van der Waals surface area (Å²) in [6, 6.07) is 7.52. The number of sulfone groups is 1. The standard InChI is InChI=1S/C20H22ClN3O3S2/c1-29(25,26)14-2-3-16(22-11-14)15(10-13-6-8-27-9-7-13)17-4-5-18(24-17)20-23-12-19(21)28-20/h2-5,11-13,15,24H,6-10H2,1H3. The fourth-order valence-corrected chi connectivity index (χ4v) is 5.11. The van der Waals surface area contributed by atoms with Crippen LogP contribution in [-0.4, -0.2) is 42.8 Å². The smallest absolute Gasteiger partial charge is 0.177 e. The summed E-state index contributed by atoms with van der Waals surface area (Å²) in [6.45, 7) is 1.57. The number of hydrogen-bond acceptors (Lipinski definition) is 6. The number of ether oxygens (including phenoxy) is 1. The summed E-state index contributed by atoms with van der Waals surface area (Å²) in [5.74, 6) is 0.571. The normalized spacial score (nSPS) is 16.8. The first kappa shape index (κ1) is 20.5. The van der Waals surface area contributed by atoms with Crippen LogP contribution in [0.4, 0.5) is 0 Å². The summed E-state index contributed by atoms with van der Waals surface area (Å²) < 4.78 is 29.7. The van der Waals surface area contributed by atoms with Crippen LogP contribution in [0, 0.1) is 5.92 Å². The molecule has 3 aromatic rings. The van der Waals surface area contributed by atoms with E-state index in [9.17, 15) is 8.42 Å². The molecule has 0 amide bonds. The molecule has 1 aliphatic heterocycles. The van der Waals surface area contributed by atoms with Gasteiger partial charge in [0.1, 0.15) is 9.34 Å². The van der Waals surface area contributed by atoms with Crippen LogP contribution in [0.5, 0.6) is 0 Å². The zero-order chi connectivity index (χ0) is 20.4. The minimum Gasteiger partial charge on any atom is -0.381 e. The van der Waals surface area contributed by atoms with E-state index < -0.39 is 9.84 Å². The Bertz CT molecular complexity index is 1070. The van der Waals surface area contributed by atoms with E-state index >= 15 is 0 Å². The van der Waals surface area contributed by atoms with Crippen molar-refractivity contribution in [2.24, 2.45) is 5.92 Å². The first-order valence-electron chi connectivity index (χ1n) is 9.44. The van der Waals surface area contributed by atoms with Gasteiger partial charge in [-0.1, -0.05) is 11.6 Å². The van der Waals surface area contributed by atoms with Gasteiger partial charge in [0.15, 0.2) is 9.84 Å². The molecule has 1 atom stereocenters. The van der Waals surface area contributed by atoms with Crippen molar-refractivity contribution in [3.8, 4) is 10.7 Å². The van der Waals surface area contributed by atoms with E-state index in [0.29, 0.717) is 10.3 Å². The Hall–Kier alpha value is -1.74. The lowest BCUT2D eigenvalue weighted by Gasteiger charge is -2.26. The number of pyridine rings is 1. The van der Waals surface area contributed by atoms with Crippen molar-refractivity contribution in [3.63, 3.8) is 0 Å². The van der Waals surface area contributed by atoms with Gasteiger partial charge in [-0.25, -0.2) is 13.4 Å². The number of nitrogens with one attached hydrogen (secondary N) is 1. The molecule has 1 N–H and O–H groups in total. The molecule has 1 fully saturated rings. The third kappa shape index (κ3) is 4.88. The number of thiazole rings is 1. The van der Waals surface area contributed by atoms with Crippen molar-refractivity contribution in [1.29, 1.82) is 0 Å². The van der Waals surface area contributed by atoms with Crippen LogP contribution in [-0.2, 0) is 14.6 Å². The summed E-state index contributed by atoms with van der Waals surface area (Å²) in [7, 11) is -3.27. The predicted molar refractivity (Wildman–Crippen MR) is 114 cm³/mol. The Morgan fingerprint density at radius 2 is 2.00 bits per heavy atom. The molecule has 3 aromatic heterocycles. The van der Waals surface area contributed by atoms with Crippen molar-refractivity contribution in [3.05, 3.63) is 52.4 Å². The van der Waals surface area contributed by atoms with Gasteiger partial charge in [0.25, 0.3) is 0 Å². The van der Waals surface area contributed by atoms with E-state index in [2.05, 4.69) is 21.0 Å². The average Bonchev–Trinajstić information content (AvgIpc) is 3.35. The predicted octanol–water partition coefficient (Wildman–Crippen LogP) is 4.54. The van der Waals surface area contributed by atoms with Crippen LogP contribution in [0.25, 0.3) is 10.7 Å². The highest BCUT2D eigenvalue weighted by molar-refractivity contribution is 7.90. The van der Waals surface area contributed by atoms with E-state index in [1.165, 1.54) is 23.8 Å². The first-order chi connectivity index (χ1) is 13.9. The molecule has 154 valence electrons. The van der Waals surface area contributed by atoms with Gasteiger partial charge < -0.3 is 9.72 Å². The summed E-state index contributed by atoms with van der Waals surface area (Å²) in [4.78, 5) is 12.6. The van der Waals surface area contributed by atoms with Crippen LogP contribution in [0.1, 0.15) is 36.6 Å². The number of aromatic nitrogens is 3. The van der Waals surface area contributed by atoms with Crippen molar-refractivity contribution >= 4 is 32.8 Å². The van der Waals surface area contributed by atoms with Crippen molar-refractivity contribution in [2.75, 3.05) is 19.5 Å². The summed E-state index contributed by atoms with van der Waals surface area (Å²) in [5.41, 5.74) is 2.81. The molecule has 1 aliphatic rings. The largest absolute Gasteiger partial charge is 0.381 e. The topological polar surface area (TPSA) is 84.9 Å². The molecule has 0 spiro atoms. The highest BCUT2D eigenvalue weighted by atomic mass is 35.5. The van der Waals surface area contributed by atoms with Crippen LogP contribution in [0.2, 0.25) is 4.34 Å². The minimum atomic E-state index is -3.27. The van der Waals surface area contributed by atoms with E-state index in [1.807, 2.05) is 12.1 Å². The van der Waals surface area contributed by atoms with Crippen LogP contribution >= 0.6 is 22.9 Å². The van der Waals surface area contributed by atoms with Gasteiger partial charge in [0.05, 0.1) is 16.8 Å².